The molecule has 1 saturated heterocycles. The number of aryl methyl sites for hydroxylation is 1. The number of likely N-dealkylation sites (tertiary alicyclic amines) is 1. The molecule has 214 valence electrons. The van der Waals surface area contributed by atoms with E-state index < -0.39 is 56.0 Å². The van der Waals surface area contributed by atoms with Crippen LogP contribution in [0.25, 0.3) is 0 Å². The lowest BCUT2D eigenvalue weighted by atomic mass is 9.91. The molecule has 39 heavy (non-hydrogen) atoms. The van der Waals surface area contributed by atoms with Crippen LogP contribution in [-0.2, 0) is 20.9 Å². The van der Waals surface area contributed by atoms with Crippen LogP contribution >= 0.6 is 0 Å². The van der Waals surface area contributed by atoms with Crippen LogP contribution < -0.4 is 10.0 Å². The smallest absolute Gasteiger partial charge is 0.418 e. The average Bonchev–Trinajstić information content (AvgIpc) is 2.82. The fraction of sp³-hybridized carbons (Fsp3) is 0.481. The van der Waals surface area contributed by atoms with Gasteiger partial charge in [0.1, 0.15) is 5.60 Å². The van der Waals surface area contributed by atoms with Crippen molar-refractivity contribution >= 4 is 27.7 Å². The molecule has 2 aromatic rings. The van der Waals surface area contributed by atoms with E-state index in [9.17, 15) is 31.2 Å². The van der Waals surface area contributed by atoms with Gasteiger partial charge in [-0.05, 0) is 83.2 Å². The highest BCUT2D eigenvalue weighted by Crippen LogP contribution is 2.37. The molecular formula is C27H34F3N3O5S. The topological polar surface area (TPSA) is 105 Å². The largest absolute Gasteiger partial charge is 0.444 e. The summed E-state index contributed by atoms with van der Waals surface area (Å²) in [6.45, 7) is 9.35. The number of benzene rings is 2. The lowest BCUT2D eigenvalue weighted by Gasteiger charge is -2.35. The predicted octanol–water partition coefficient (Wildman–Crippen LogP) is 5.58. The summed E-state index contributed by atoms with van der Waals surface area (Å²) in [5, 5.41) is 2.26. The quantitative estimate of drug-likeness (QED) is 0.473. The normalized spacial score (nSPS) is 16.1. The van der Waals surface area contributed by atoms with E-state index in [0.29, 0.717) is 37.6 Å². The maximum absolute atomic E-state index is 13.9. The van der Waals surface area contributed by atoms with Crippen LogP contribution in [0.15, 0.2) is 47.4 Å². The summed E-state index contributed by atoms with van der Waals surface area (Å²) in [5.41, 5.74) is -1.67. The maximum Gasteiger partial charge on any atom is 0.418 e. The Bertz CT molecular complexity index is 1310. The molecule has 2 aromatic carbocycles. The molecule has 0 radical (unpaired) electrons. The molecular weight excluding hydrogens is 535 g/mol. The van der Waals surface area contributed by atoms with Gasteiger partial charge in [0.15, 0.2) is 0 Å². The number of anilines is 1. The molecule has 8 nitrogen and oxygen atoms in total. The fourth-order valence-corrected chi connectivity index (χ4v) is 5.71. The third-order valence-electron chi connectivity index (χ3n) is 6.48. The van der Waals surface area contributed by atoms with Crippen LogP contribution in [-0.4, -0.2) is 50.1 Å². The first-order valence-corrected chi connectivity index (χ1v) is 14.0. The standard InChI is InChI=1S/C27H34F3N3O5S/c1-17-8-6-7-9-21(17)24(34)31-23-11-10-20(16-22(23)27(28,29)30)39(36,37)32-18(2)19-12-14-33(15-13-19)25(35)38-26(3,4)5/h6-11,16,18-19,32H,12-15H2,1-5H3,(H,31,34). The molecule has 0 aromatic heterocycles. The van der Waals surface area contributed by atoms with Gasteiger partial charge in [0, 0.05) is 24.7 Å². The van der Waals surface area contributed by atoms with Crippen molar-refractivity contribution < 1.29 is 35.9 Å². The van der Waals surface area contributed by atoms with Crippen molar-refractivity contribution in [1.29, 1.82) is 0 Å². The molecule has 0 saturated carbocycles. The zero-order valence-electron chi connectivity index (χ0n) is 22.6. The molecule has 1 aliphatic rings. The number of nitrogens with one attached hydrogen (secondary N) is 2. The summed E-state index contributed by atoms with van der Waals surface area (Å²) >= 11 is 0. The van der Waals surface area contributed by atoms with E-state index in [1.54, 1.807) is 57.7 Å². The lowest BCUT2D eigenvalue weighted by Crippen LogP contribution is -2.46. The van der Waals surface area contributed by atoms with Gasteiger partial charge in [-0.1, -0.05) is 18.2 Å². The van der Waals surface area contributed by atoms with Gasteiger partial charge < -0.3 is 15.0 Å². The second kappa shape index (κ2) is 11.5. The van der Waals surface area contributed by atoms with Gasteiger partial charge in [0.2, 0.25) is 10.0 Å². The SMILES string of the molecule is Cc1ccccc1C(=O)Nc1ccc(S(=O)(=O)NC(C)C2CCN(C(=O)OC(C)(C)C)CC2)cc1C(F)(F)F. The molecule has 2 N–H and O–H groups in total. The number of carbonyl (C=O) groups excluding carboxylic acids is 2. The Kier molecular flexibility index (Phi) is 9.01. The second-order valence-electron chi connectivity index (χ2n) is 10.7. The van der Waals surface area contributed by atoms with Crippen molar-refractivity contribution in [1.82, 2.24) is 9.62 Å². The van der Waals surface area contributed by atoms with Gasteiger partial charge in [-0.25, -0.2) is 17.9 Å². The van der Waals surface area contributed by atoms with Crippen LogP contribution in [0.1, 0.15) is 62.0 Å². The van der Waals surface area contributed by atoms with Crippen molar-refractivity contribution in [3.05, 3.63) is 59.2 Å². The molecule has 1 aliphatic heterocycles. The Balaban J connectivity index is 1.73. The van der Waals surface area contributed by atoms with E-state index in [0.717, 1.165) is 12.1 Å². The minimum atomic E-state index is -4.92. The molecule has 12 heteroatoms. The Labute approximate surface area is 227 Å². The fourth-order valence-electron chi connectivity index (χ4n) is 4.37. The third-order valence-corrected chi connectivity index (χ3v) is 8.04. The number of halogens is 3. The number of hydrogen-bond acceptors (Lipinski definition) is 5. The van der Waals surface area contributed by atoms with E-state index in [1.165, 1.54) is 6.07 Å². The molecule has 1 atom stereocenters. The first-order chi connectivity index (χ1) is 18.0. The van der Waals surface area contributed by atoms with Crippen molar-refractivity contribution in [2.45, 2.75) is 70.2 Å². The number of sulfonamides is 1. The number of nitrogens with zero attached hydrogens (tertiary/aromatic N) is 1. The number of alkyl halides is 3. The van der Waals surface area contributed by atoms with E-state index in [-0.39, 0.29) is 11.5 Å². The number of carbonyl (C=O) groups is 2. The van der Waals surface area contributed by atoms with Crippen LogP contribution in [0.5, 0.6) is 0 Å². The van der Waals surface area contributed by atoms with Crippen LogP contribution in [0.4, 0.5) is 23.7 Å². The maximum atomic E-state index is 13.9. The van der Waals surface area contributed by atoms with Crippen molar-refractivity contribution in [2.24, 2.45) is 5.92 Å². The van der Waals surface area contributed by atoms with Crippen LogP contribution in [0.3, 0.4) is 0 Å². The van der Waals surface area contributed by atoms with Crippen LogP contribution in [0.2, 0.25) is 0 Å². The van der Waals surface area contributed by atoms with Gasteiger partial charge in [-0.2, -0.15) is 13.2 Å². The highest BCUT2D eigenvalue weighted by molar-refractivity contribution is 7.89. The summed E-state index contributed by atoms with van der Waals surface area (Å²) in [6, 6.07) is 8.34. The van der Waals surface area contributed by atoms with Crippen molar-refractivity contribution in [3.8, 4) is 0 Å². The minimum absolute atomic E-state index is 0.131. The summed E-state index contributed by atoms with van der Waals surface area (Å²) in [5.74, 6) is -0.869. The number of rotatable bonds is 6. The van der Waals surface area contributed by atoms with Gasteiger partial charge in [0.05, 0.1) is 16.1 Å². The van der Waals surface area contributed by atoms with Gasteiger partial charge >= 0.3 is 12.3 Å². The van der Waals surface area contributed by atoms with E-state index in [1.807, 2.05) is 0 Å². The second-order valence-corrected chi connectivity index (χ2v) is 12.4. The van der Waals surface area contributed by atoms with Crippen molar-refractivity contribution in [2.75, 3.05) is 18.4 Å². The molecule has 1 heterocycles. The molecule has 0 bridgehead atoms. The highest BCUT2D eigenvalue weighted by atomic mass is 32.2. The molecule has 3 rings (SSSR count). The molecule has 2 amide bonds. The zero-order chi connectivity index (χ0) is 29.2. The Morgan fingerprint density at radius 2 is 1.67 bits per heavy atom. The predicted molar refractivity (Wildman–Crippen MR) is 141 cm³/mol. The Morgan fingerprint density at radius 3 is 2.23 bits per heavy atom. The molecule has 0 spiro atoms. The summed E-state index contributed by atoms with van der Waals surface area (Å²) < 4.78 is 75.6. The molecule has 1 fully saturated rings. The molecule has 1 unspecified atom stereocenters. The van der Waals surface area contributed by atoms with E-state index in [2.05, 4.69) is 10.0 Å². The number of piperidine rings is 1. The molecule has 0 aliphatic carbocycles. The average molecular weight is 570 g/mol. The minimum Gasteiger partial charge on any atom is -0.444 e. The van der Waals surface area contributed by atoms with Gasteiger partial charge in [0.25, 0.3) is 5.91 Å². The monoisotopic (exact) mass is 569 g/mol. The summed E-state index contributed by atoms with van der Waals surface area (Å²) in [4.78, 5) is 25.9. The lowest BCUT2D eigenvalue weighted by molar-refractivity contribution is -0.137. The van der Waals surface area contributed by atoms with E-state index in [4.69, 9.17) is 4.74 Å². The van der Waals surface area contributed by atoms with Crippen LogP contribution in [0, 0.1) is 12.8 Å². The number of ether oxygens (including phenoxy) is 1. The van der Waals surface area contributed by atoms with Crippen molar-refractivity contribution in [3.63, 3.8) is 0 Å². The third kappa shape index (κ3) is 7.95. The van der Waals surface area contributed by atoms with Gasteiger partial charge in [-0.3, -0.25) is 4.79 Å². The number of amides is 2. The summed E-state index contributed by atoms with van der Waals surface area (Å²) in [7, 11) is -4.32. The van der Waals surface area contributed by atoms with Gasteiger partial charge in [-0.15, -0.1) is 0 Å². The highest BCUT2D eigenvalue weighted by Gasteiger charge is 2.36. The number of hydrogen-bond donors (Lipinski definition) is 2. The van der Waals surface area contributed by atoms with E-state index >= 15 is 0 Å². The zero-order valence-corrected chi connectivity index (χ0v) is 23.4. The summed E-state index contributed by atoms with van der Waals surface area (Å²) in [6.07, 6.45) is -4.36. The Morgan fingerprint density at radius 1 is 1.05 bits per heavy atom. The first kappa shape index (κ1) is 30.4. The first-order valence-electron chi connectivity index (χ1n) is 12.6. The Hall–Kier alpha value is -3.12.